The van der Waals surface area contributed by atoms with Crippen LogP contribution in [-0.2, 0) is 9.84 Å². The average molecular weight is 509 g/mol. The van der Waals surface area contributed by atoms with Crippen molar-refractivity contribution >= 4 is 38.2 Å². The van der Waals surface area contributed by atoms with Gasteiger partial charge in [0.05, 0.1) is 39.4 Å². The van der Waals surface area contributed by atoms with Crippen LogP contribution in [0.25, 0.3) is 27.8 Å². The maximum atomic E-state index is 13.6. The van der Waals surface area contributed by atoms with Gasteiger partial charge in [0, 0.05) is 22.6 Å². The highest BCUT2D eigenvalue weighted by Gasteiger charge is 2.29. The van der Waals surface area contributed by atoms with Crippen LogP contribution in [0.3, 0.4) is 0 Å². The highest BCUT2D eigenvalue weighted by molar-refractivity contribution is 7.91. The molecule has 0 radical (unpaired) electrons. The van der Waals surface area contributed by atoms with Crippen LogP contribution in [0, 0.1) is 17.1 Å². The lowest BCUT2D eigenvalue weighted by Crippen LogP contribution is -2.35. The average Bonchev–Trinajstić information content (AvgIpc) is 3.39. The van der Waals surface area contributed by atoms with Gasteiger partial charge >= 0.3 is 0 Å². The van der Waals surface area contributed by atoms with Gasteiger partial charge in [-0.3, -0.25) is 4.79 Å². The van der Waals surface area contributed by atoms with E-state index in [0.717, 1.165) is 0 Å². The zero-order chi connectivity index (χ0) is 24.7. The number of benzene rings is 3. The monoisotopic (exact) mass is 508 g/mol. The molecule has 1 atom stereocenters. The minimum atomic E-state index is -3.14. The van der Waals surface area contributed by atoms with Gasteiger partial charge in [-0.1, -0.05) is 11.6 Å². The third-order valence-electron chi connectivity index (χ3n) is 5.93. The Balaban J connectivity index is 1.63. The number of nitrogens with zero attached hydrogens (tertiary/aromatic N) is 3. The number of sulfone groups is 1. The molecule has 3 aromatic carbocycles. The van der Waals surface area contributed by atoms with Gasteiger partial charge in [0.25, 0.3) is 5.91 Å². The molecule has 1 amide bonds. The molecular formula is C25H18ClFN4O3S. The summed E-state index contributed by atoms with van der Waals surface area (Å²) in [6, 6.07) is 17.3. The van der Waals surface area contributed by atoms with E-state index < -0.39 is 27.6 Å². The number of amides is 1. The first-order valence-electron chi connectivity index (χ1n) is 10.7. The van der Waals surface area contributed by atoms with Crippen molar-refractivity contribution in [3.05, 3.63) is 82.6 Å². The molecule has 1 aliphatic heterocycles. The molecule has 176 valence electrons. The summed E-state index contributed by atoms with van der Waals surface area (Å²) in [7, 11) is -3.14. The van der Waals surface area contributed by atoms with Crippen molar-refractivity contribution in [2.45, 2.75) is 12.5 Å². The number of fused-ring (bicyclic) bond motifs is 1. The van der Waals surface area contributed by atoms with Gasteiger partial charge in [-0.25, -0.2) is 17.5 Å². The number of hydrogen-bond donors (Lipinski definition) is 1. The second-order valence-corrected chi connectivity index (χ2v) is 11.0. The van der Waals surface area contributed by atoms with Crippen LogP contribution in [0.4, 0.5) is 4.39 Å². The van der Waals surface area contributed by atoms with E-state index >= 15 is 0 Å². The van der Waals surface area contributed by atoms with Gasteiger partial charge in [0.1, 0.15) is 11.5 Å². The van der Waals surface area contributed by atoms with Crippen LogP contribution in [0.5, 0.6) is 0 Å². The highest BCUT2D eigenvalue weighted by Crippen LogP contribution is 2.35. The molecule has 0 aliphatic carbocycles. The number of nitrogens with one attached hydrogen (secondary N) is 1. The van der Waals surface area contributed by atoms with Gasteiger partial charge in [-0.2, -0.15) is 10.4 Å². The van der Waals surface area contributed by atoms with E-state index in [1.165, 1.54) is 12.1 Å². The van der Waals surface area contributed by atoms with Crippen molar-refractivity contribution in [1.82, 2.24) is 15.1 Å². The molecule has 0 spiro atoms. The normalized spacial score (nSPS) is 16.8. The Morgan fingerprint density at radius 1 is 1.14 bits per heavy atom. The summed E-state index contributed by atoms with van der Waals surface area (Å²) in [4.78, 5) is 12.9. The molecule has 5 rings (SSSR count). The molecule has 1 aliphatic rings. The summed E-state index contributed by atoms with van der Waals surface area (Å²) >= 11 is 6.44. The minimum absolute atomic E-state index is 0.0558. The van der Waals surface area contributed by atoms with E-state index in [1.54, 1.807) is 53.2 Å². The van der Waals surface area contributed by atoms with Crippen LogP contribution >= 0.6 is 11.6 Å². The molecule has 1 N–H and O–H groups in total. The smallest absolute Gasteiger partial charge is 0.251 e. The molecule has 0 saturated carbocycles. The maximum absolute atomic E-state index is 13.6. The second-order valence-electron chi connectivity index (χ2n) is 8.35. The fourth-order valence-corrected chi connectivity index (χ4v) is 6.07. The lowest BCUT2D eigenvalue weighted by molar-refractivity contribution is 0.0941. The molecule has 4 aromatic rings. The molecule has 0 unspecified atom stereocenters. The fourth-order valence-electron chi connectivity index (χ4n) is 4.19. The molecule has 10 heteroatoms. The molecule has 1 fully saturated rings. The van der Waals surface area contributed by atoms with Crippen molar-refractivity contribution < 1.29 is 17.6 Å². The number of hydrogen-bond acceptors (Lipinski definition) is 5. The third kappa shape index (κ3) is 4.50. The number of carbonyl (C=O) groups is 1. The van der Waals surface area contributed by atoms with Gasteiger partial charge < -0.3 is 5.32 Å². The van der Waals surface area contributed by atoms with E-state index in [1.807, 2.05) is 0 Å². The van der Waals surface area contributed by atoms with Crippen LogP contribution < -0.4 is 5.32 Å². The topological polar surface area (TPSA) is 105 Å². The van der Waals surface area contributed by atoms with E-state index in [4.69, 9.17) is 16.7 Å². The first kappa shape index (κ1) is 23.0. The van der Waals surface area contributed by atoms with E-state index in [0.29, 0.717) is 50.4 Å². The predicted octanol–water partition coefficient (Wildman–Crippen LogP) is 4.27. The molecule has 1 aromatic heterocycles. The van der Waals surface area contributed by atoms with Crippen molar-refractivity contribution in [3.8, 4) is 23.0 Å². The van der Waals surface area contributed by atoms with Crippen LogP contribution in [-0.4, -0.2) is 41.7 Å². The summed E-state index contributed by atoms with van der Waals surface area (Å²) in [5.41, 5.74) is 2.92. The molecule has 2 heterocycles. The molecule has 0 bridgehead atoms. The third-order valence-corrected chi connectivity index (χ3v) is 8.03. The number of aromatic nitrogens is 2. The Labute approximate surface area is 205 Å². The SMILES string of the molecule is N#Cc1ccc(Cl)c(-c2nn(-c3ccc(F)cc3)c3cc(C(=O)N[C@@H]4CCS(=O)(=O)C4)ccc23)c1. The Morgan fingerprint density at radius 2 is 1.91 bits per heavy atom. The van der Waals surface area contributed by atoms with E-state index in [9.17, 15) is 22.9 Å². The van der Waals surface area contributed by atoms with Crippen molar-refractivity contribution in [2.75, 3.05) is 11.5 Å². The molecule has 1 saturated heterocycles. The molecular weight excluding hydrogens is 491 g/mol. The first-order valence-corrected chi connectivity index (χ1v) is 12.9. The quantitative estimate of drug-likeness (QED) is 0.443. The number of nitriles is 1. The lowest BCUT2D eigenvalue weighted by atomic mass is 10.0. The highest BCUT2D eigenvalue weighted by atomic mass is 35.5. The van der Waals surface area contributed by atoms with E-state index in [-0.39, 0.29) is 11.5 Å². The number of halogens is 2. The van der Waals surface area contributed by atoms with Gasteiger partial charge in [-0.05, 0) is 67.1 Å². The zero-order valence-electron chi connectivity index (χ0n) is 18.2. The standard InChI is InChI=1S/C25H18ClFN4O3S/c26-22-8-1-15(13-28)11-21(22)24-20-7-2-16(25(32)29-18-9-10-35(33,34)14-18)12-23(20)31(30-24)19-5-3-17(27)4-6-19/h1-8,11-12,18H,9-10,14H2,(H,29,32)/t18-/m1/s1. The molecule has 7 nitrogen and oxygen atoms in total. The fraction of sp³-hybridized carbons (Fsp3) is 0.160. The van der Waals surface area contributed by atoms with E-state index in [2.05, 4.69) is 11.4 Å². The van der Waals surface area contributed by atoms with Gasteiger partial charge in [-0.15, -0.1) is 0 Å². The Hall–Kier alpha value is -3.74. The van der Waals surface area contributed by atoms with Crippen LogP contribution in [0.1, 0.15) is 22.3 Å². The Morgan fingerprint density at radius 3 is 2.60 bits per heavy atom. The molecule has 35 heavy (non-hydrogen) atoms. The zero-order valence-corrected chi connectivity index (χ0v) is 19.8. The first-order chi connectivity index (χ1) is 16.7. The lowest BCUT2D eigenvalue weighted by Gasteiger charge is -2.11. The second kappa shape index (κ2) is 8.80. The Bertz CT molecular complexity index is 1630. The summed E-state index contributed by atoms with van der Waals surface area (Å²) < 4.78 is 38.6. The summed E-state index contributed by atoms with van der Waals surface area (Å²) in [5, 5.41) is 17.9. The van der Waals surface area contributed by atoms with Gasteiger partial charge in [0.2, 0.25) is 0 Å². The summed E-state index contributed by atoms with van der Waals surface area (Å²) in [6.07, 6.45) is 0.377. The number of rotatable bonds is 4. The van der Waals surface area contributed by atoms with Gasteiger partial charge in [0.15, 0.2) is 9.84 Å². The van der Waals surface area contributed by atoms with Crippen LogP contribution in [0.2, 0.25) is 5.02 Å². The maximum Gasteiger partial charge on any atom is 0.251 e. The van der Waals surface area contributed by atoms with Crippen molar-refractivity contribution in [2.24, 2.45) is 0 Å². The predicted molar refractivity (Wildman–Crippen MR) is 131 cm³/mol. The van der Waals surface area contributed by atoms with Crippen LogP contribution in [0.15, 0.2) is 60.7 Å². The Kier molecular flexibility index (Phi) is 5.79. The van der Waals surface area contributed by atoms with Crippen molar-refractivity contribution in [1.29, 1.82) is 5.26 Å². The number of carbonyl (C=O) groups excluding carboxylic acids is 1. The minimum Gasteiger partial charge on any atom is -0.348 e. The summed E-state index contributed by atoms with van der Waals surface area (Å²) in [6.45, 7) is 0. The summed E-state index contributed by atoms with van der Waals surface area (Å²) in [5.74, 6) is -0.819. The van der Waals surface area contributed by atoms with Crippen molar-refractivity contribution in [3.63, 3.8) is 0 Å². The largest absolute Gasteiger partial charge is 0.348 e.